The normalized spacial score (nSPS) is 12.5. The molecule has 0 aromatic heterocycles. The lowest BCUT2D eigenvalue weighted by atomic mass is 10.0. The van der Waals surface area contributed by atoms with Gasteiger partial charge in [-0.25, -0.2) is 4.39 Å². The first kappa shape index (κ1) is 18.8. The summed E-state index contributed by atoms with van der Waals surface area (Å²) in [6.45, 7) is 2.03. The molecule has 0 heterocycles. The zero-order valence-electron chi connectivity index (χ0n) is 12.2. The zero-order chi connectivity index (χ0) is 14.3. The van der Waals surface area contributed by atoms with E-state index in [0.29, 0.717) is 6.42 Å². The molecule has 0 aliphatic rings. The quantitative estimate of drug-likeness (QED) is 0.454. The molecule has 0 saturated carbocycles. The number of hydrogen-bond acceptors (Lipinski definition) is 2. The summed E-state index contributed by atoms with van der Waals surface area (Å²) >= 11 is 1.50. The Balaban J connectivity index is 3.04. The van der Waals surface area contributed by atoms with Gasteiger partial charge in [0.15, 0.2) is 0 Å². The van der Waals surface area contributed by atoms with Gasteiger partial charge in [0.1, 0.15) is 6.17 Å². The van der Waals surface area contributed by atoms with Crippen molar-refractivity contribution in [2.75, 3.05) is 11.5 Å². The lowest BCUT2D eigenvalue weighted by Gasteiger charge is -2.06. The molecule has 1 N–H and O–H groups in total. The van der Waals surface area contributed by atoms with Gasteiger partial charge in [-0.05, 0) is 25.0 Å². The van der Waals surface area contributed by atoms with Gasteiger partial charge in [-0.1, -0.05) is 51.9 Å². The van der Waals surface area contributed by atoms with Gasteiger partial charge >= 0.3 is 5.97 Å². The van der Waals surface area contributed by atoms with Gasteiger partial charge in [-0.3, -0.25) is 4.79 Å². The number of thioether (sulfide) groups is 1. The number of rotatable bonds is 14. The van der Waals surface area contributed by atoms with E-state index in [-0.39, 0.29) is 5.75 Å². The number of carboxylic acid groups (broad SMARTS) is 1. The van der Waals surface area contributed by atoms with E-state index in [2.05, 4.69) is 0 Å². The fourth-order valence-electron chi connectivity index (χ4n) is 2.07. The maximum Gasteiger partial charge on any atom is 0.313 e. The number of alkyl halides is 1. The van der Waals surface area contributed by atoms with Gasteiger partial charge in [-0.15, -0.1) is 0 Å². The summed E-state index contributed by atoms with van der Waals surface area (Å²) < 4.78 is 13.2. The molecular weight excluding hydrogens is 262 g/mol. The predicted molar refractivity (Wildman–Crippen MR) is 81.7 cm³/mol. The second-order valence-electron chi connectivity index (χ2n) is 5.10. The zero-order valence-corrected chi connectivity index (χ0v) is 13.0. The Labute approximate surface area is 121 Å². The summed E-state index contributed by atoms with van der Waals surface area (Å²) in [5.41, 5.74) is 0. The van der Waals surface area contributed by atoms with Crippen molar-refractivity contribution in [2.24, 2.45) is 0 Å². The monoisotopic (exact) mass is 291 g/mol. The Morgan fingerprint density at radius 1 is 1.05 bits per heavy atom. The molecule has 4 heteroatoms. The van der Waals surface area contributed by atoms with E-state index in [9.17, 15) is 9.18 Å². The van der Waals surface area contributed by atoms with Crippen LogP contribution in [0.1, 0.15) is 71.1 Å². The Kier molecular flexibility index (Phi) is 14.0. The van der Waals surface area contributed by atoms with E-state index in [4.69, 9.17) is 5.11 Å². The molecule has 1 atom stereocenters. The van der Waals surface area contributed by atoms with Gasteiger partial charge in [0.05, 0.1) is 5.75 Å². The van der Waals surface area contributed by atoms with Crippen LogP contribution in [0.15, 0.2) is 0 Å². The van der Waals surface area contributed by atoms with Crippen LogP contribution in [0, 0.1) is 0 Å². The number of halogens is 1. The molecule has 0 aromatic rings. The first-order valence-electron chi connectivity index (χ1n) is 7.60. The number of unbranched alkanes of at least 4 members (excludes halogenated alkanes) is 6. The van der Waals surface area contributed by atoms with Gasteiger partial charge in [0.25, 0.3) is 0 Å². The van der Waals surface area contributed by atoms with Crippen molar-refractivity contribution in [1.29, 1.82) is 0 Å². The van der Waals surface area contributed by atoms with Gasteiger partial charge < -0.3 is 5.11 Å². The molecule has 0 aliphatic heterocycles. The summed E-state index contributed by atoms with van der Waals surface area (Å²) in [4.78, 5) is 10.3. The van der Waals surface area contributed by atoms with Crippen LogP contribution in [-0.2, 0) is 4.79 Å². The SMILES string of the molecule is CCCC([18F])CCCCCCCCCSCC(=O)O. The summed E-state index contributed by atoms with van der Waals surface area (Å²) in [6.07, 6.45) is 9.95. The van der Waals surface area contributed by atoms with E-state index in [1.165, 1.54) is 37.4 Å². The Bertz CT molecular complexity index is 212. The molecule has 0 bridgehead atoms. The van der Waals surface area contributed by atoms with Crippen LogP contribution < -0.4 is 0 Å². The van der Waals surface area contributed by atoms with Crippen molar-refractivity contribution in [3.05, 3.63) is 0 Å². The van der Waals surface area contributed by atoms with Crippen molar-refractivity contribution in [3.63, 3.8) is 0 Å². The van der Waals surface area contributed by atoms with Crippen molar-refractivity contribution in [1.82, 2.24) is 0 Å². The molecule has 0 aromatic carbocycles. The minimum Gasteiger partial charge on any atom is -0.481 e. The summed E-state index contributed by atoms with van der Waals surface area (Å²) in [5, 5.41) is 8.46. The summed E-state index contributed by atoms with van der Waals surface area (Å²) in [7, 11) is 0. The fourth-order valence-corrected chi connectivity index (χ4v) is 2.80. The highest BCUT2D eigenvalue weighted by molar-refractivity contribution is 7.99. The lowest BCUT2D eigenvalue weighted by molar-refractivity contribution is -0.133. The van der Waals surface area contributed by atoms with Gasteiger partial charge in [0.2, 0.25) is 0 Å². The molecule has 114 valence electrons. The Hall–Kier alpha value is -0.250. The first-order valence-corrected chi connectivity index (χ1v) is 8.76. The van der Waals surface area contributed by atoms with E-state index >= 15 is 0 Å². The molecule has 1 unspecified atom stereocenters. The molecule has 0 rings (SSSR count). The lowest BCUT2D eigenvalue weighted by Crippen LogP contribution is -1.99. The highest BCUT2D eigenvalue weighted by Crippen LogP contribution is 2.14. The van der Waals surface area contributed by atoms with E-state index in [1.807, 2.05) is 6.92 Å². The average Bonchev–Trinajstić information content (AvgIpc) is 2.36. The molecule has 0 radical (unpaired) electrons. The minimum absolute atomic E-state index is 0.224. The van der Waals surface area contributed by atoms with Crippen LogP contribution >= 0.6 is 11.8 Å². The summed E-state index contributed by atoms with van der Waals surface area (Å²) in [6, 6.07) is 0. The van der Waals surface area contributed by atoms with Crippen molar-refractivity contribution in [3.8, 4) is 0 Å². The van der Waals surface area contributed by atoms with Crippen molar-refractivity contribution >= 4 is 17.7 Å². The van der Waals surface area contributed by atoms with Crippen LogP contribution in [0.3, 0.4) is 0 Å². The second kappa shape index (κ2) is 14.2. The molecule has 19 heavy (non-hydrogen) atoms. The topological polar surface area (TPSA) is 37.3 Å². The molecule has 0 amide bonds. The van der Waals surface area contributed by atoms with Gasteiger partial charge in [-0.2, -0.15) is 11.8 Å². The first-order chi connectivity index (χ1) is 9.16. The predicted octanol–water partition coefficient (Wildman–Crippen LogP) is 5.06. The molecule has 2 nitrogen and oxygen atoms in total. The molecular formula is C15H29FO2S. The van der Waals surface area contributed by atoms with Crippen molar-refractivity contribution < 1.29 is 14.3 Å². The highest BCUT2D eigenvalue weighted by Gasteiger charge is 2.03. The molecule has 0 saturated heterocycles. The third-order valence-corrected chi connectivity index (χ3v) is 4.16. The molecule has 0 fully saturated rings. The average molecular weight is 291 g/mol. The maximum atomic E-state index is 13.2. The van der Waals surface area contributed by atoms with Crippen LogP contribution in [0.2, 0.25) is 0 Å². The van der Waals surface area contributed by atoms with E-state index in [0.717, 1.165) is 37.9 Å². The molecule has 0 spiro atoms. The standard InChI is InChI=1S/C15H29FO2S/c1-2-10-14(16)11-8-6-4-3-5-7-9-12-19-13-15(17)18/h14H,2-13H2,1H3,(H,17,18)/i16-1. The van der Waals surface area contributed by atoms with E-state index in [1.54, 1.807) is 0 Å². The second-order valence-corrected chi connectivity index (χ2v) is 6.20. The summed E-state index contributed by atoms with van der Waals surface area (Å²) in [5.74, 6) is 0.453. The van der Waals surface area contributed by atoms with Crippen molar-refractivity contribution in [2.45, 2.75) is 77.3 Å². The highest BCUT2D eigenvalue weighted by atomic mass is 32.2. The molecule has 0 aliphatic carbocycles. The van der Waals surface area contributed by atoms with Crippen LogP contribution in [0.5, 0.6) is 0 Å². The van der Waals surface area contributed by atoms with Crippen LogP contribution in [0.4, 0.5) is 4.39 Å². The number of hydrogen-bond donors (Lipinski definition) is 1. The third kappa shape index (κ3) is 15.7. The maximum absolute atomic E-state index is 13.2. The minimum atomic E-state index is -0.723. The number of aliphatic carboxylic acids is 1. The van der Waals surface area contributed by atoms with Crippen LogP contribution in [-0.4, -0.2) is 28.8 Å². The Morgan fingerprint density at radius 2 is 1.63 bits per heavy atom. The van der Waals surface area contributed by atoms with E-state index < -0.39 is 12.1 Å². The Morgan fingerprint density at radius 3 is 2.21 bits per heavy atom. The van der Waals surface area contributed by atoms with Gasteiger partial charge in [0, 0.05) is 0 Å². The van der Waals surface area contributed by atoms with Crippen LogP contribution in [0.25, 0.3) is 0 Å². The third-order valence-electron chi connectivity index (χ3n) is 3.13. The fraction of sp³-hybridized carbons (Fsp3) is 0.933. The largest absolute Gasteiger partial charge is 0.481 e. The number of carbonyl (C=O) groups is 1. The number of carboxylic acids is 1. The smallest absolute Gasteiger partial charge is 0.313 e.